The van der Waals surface area contributed by atoms with Crippen LogP contribution in [0.5, 0.6) is 0 Å². The SMILES string of the molecule is O=C(CSc1nnc2ccccn12)Nc1cc([N+](=O)[O-])ccc1Nc1ccc(F)cc1. The summed E-state index contributed by atoms with van der Waals surface area (Å²) in [4.78, 5) is 23.2. The molecule has 0 spiro atoms. The predicted molar refractivity (Wildman–Crippen MR) is 115 cm³/mol. The summed E-state index contributed by atoms with van der Waals surface area (Å²) >= 11 is 1.19. The average Bonchev–Trinajstić information content (AvgIpc) is 3.18. The van der Waals surface area contributed by atoms with Crippen molar-refractivity contribution in [2.24, 2.45) is 0 Å². The van der Waals surface area contributed by atoms with E-state index in [1.807, 2.05) is 12.1 Å². The van der Waals surface area contributed by atoms with Crippen molar-refractivity contribution in [3.63, 3.8) is 0 Å². The van der Waals surface area contributed by atoms with Gasteiger partial charge in [0.15, 0.2) is 10.8 Å². The van der Waals surface area contributed by atoms with Crippen molar-refractivity contribution in [1.82, 2.24) is 14.6 Å². The van der Waals surface area contributed by atoms with E-state index in [2.05, 4.69) is 20.8 Å². The van der Waals surface area contributed by atoms with Gasteiger partial charge in [-0.05, 0) is 42.5 Å². The molecule has 0 unspecified atom stereocenters. The molecule has 1 amide bonds. The van der Waals surface area contributed by atoms with Crippen molar-refractivity contribution in [1.29, 1.82) is 0 Å². The summed E-state index contributed by atoms with van der Waals surface area (Å²) in [5.41, 5.74) is 1.72. The van der Waals surface area contributed by atoms with Gasteiger partial charge in [0, 0.05) is 24.0 Å². The summed E-state index contributed by atoms with van der Waals surface area (Å²) in [7, 11) is 0. The van der Waals surface area contributed by atoms with Gasteiger partial charge < -0.3 is 10.6 Å². The number of non-ortho nitro benzene ring substituents is 1. The molecule has 0 aliphatic heterocycles. The molecule has 0 atom stereocenters. The Morgan fingerprint density at radius 3 is 2.68 bits per heavy atom. The number of carbonyl (C=O) groups excluding carboxylic acids is 1. The zero-order valence-electron chi connectivity index (χ0n) is 15.9. The van der Waals surface area contributed by atoms with Gasteiger partial charge in [0.2, 0.25) is 5.91 Å². The number of thioether (sulfide) groups is 1. The lowest BCUT2D eigenvalue weighted by molar-refractivity contribution is -0.384. The van der Waals surface area contributed by atoms with Gasteiger partial charge in [0.1, 0.15) is 5.82 Å². The lowest BCUT2D eigenvalue weighted by atomic mass is 10.2. The van der Waals surface area contributed by atoms with Crippen LogP contribution in [0.15, 0.2) is 72.0 Å². The molecule has 156 valence electrons. The molecule has 0 saturated heterocycles. The van der Waals surface area contributed by atoms with Crippen LogP contribution in [0.3, 0.4) is 0 Å². The smallest absolute Gasteiger partial charge is 0.271 e. The van der Waals surface area contributed by atoms with E-state index in [0.29, 0.717) is 22.2 Å². The van der Waals surface area contributed by atoms with Crippen LogP contribution in [-0.2, 0) is 4.79 Å². The lowest BCUT2D eigenvalue weighted by Gasteiger charge is -2.13. The van der Waals surface area contributed by atoms with Crippen LogP contribution >= 0.6 is 11.8 Å². The fourth-order valence-electron chi connectivity index (χ4n) is 2.78. The number of fused-ring (bicyclic) bond motifs is 1. The summed E-state index contributed by atoms with van der Waals surface area (Å²) in [6.07, 6.45) is 1.79. The number of nitrogens with one attached hydrogen (secondary N) is 2. The summed E-state index contributed by atoms with van der Waals surface area (Å²) in [5.74, 6) is -0.741. The number of anilines is 3. The van der Waals surface area contributed by atoms with E-state index in [1.165, 1.54) is 54.2 Å². The Balaban J connectivity index is 1.51. The molecule has 0 aliphatic carbocycles. The highest BCUT2D eigenvalue weighted by atomic mass is 32.2. The van der Waals surface area contributed by atoms with Gasteiger partial charge in [-0.25, -0.2) is 4.39 Å². The van der Waals surface area contributed by atoms with E-state index in [0.717, 1.165) is 0 Å². The molecule has 4 rings (SSSR count). The number of nitrogens with zero attached hydrogens (tertiary/aromatic N) is 4. The van der Waals surface area contributed by atoms with Gasteiger partial charge in [-0.1, -0.05) is 17.8 Å². The zero-order valence-corrected chi connectivity index (χ0v) is 16.7. The Morgan fingerprint density at radius 2 is 1.90 bits per heavy atom. The fraction of sp³-hybridized carbons (Fsp3) is 0.0500. The quantitative estimate of drug-likeness (QED) is 0.252. The summed E-state index contributed by atoms with van der Waals surface area (Å²) < 4.78 is 14.9. The van der Waals surface area contributed by atoms with E-state index in [9.17, 15) is 19.3 Å². The maximum absolute atomic E-state index is 13.1. The highest BCUT2D eigenvalue weighted by Crippen LogP contribution is 2.30. The van der Waals surface area contributed by atoms with E-state index in [4.69, 9.17) is 0 Å². The van der Waals surface area contributed by atoms with E-state index in [-0.39, 0.29) is 28.9 Å². The molecule has 2 aromatic heterocycles. The Bertz CT molecular complexity index is 1260. The van der Waals surface area contributed by atoms with Crippen LogP contribution in [-0.4, -0.2) is 31.2 Å². The monoisotopic (exact) mass is 438 g/mol. The Morgan fingerprint density at radius 1 is 1.10 bits per heavy atom. The normalized spacial score (nSPS) is 10.7. The molecule has 4 aromatic rings. The van der Waals surface area contributed by atoms with Crippen LogP contribution in [0, 0.1) is 15.9 Å². The van der Waals surface area contributed by atoms with Crippen LogP contribution in [0.4, 0.5) is 27.1 Å². The molecule has 9 nitrogen and oxygen atoms in total. The molecular weight excluding hydrogens is 423 g/mol. The van der Waals surface area contributed by atoms with Gasteiger partial charge in [-0.15, -0.1) is 10.2 Å². The third-order valence-electron chi connectivity index (χ3n) is 4.23. The van der Waals surface area contributed by atoms with Gasteiger partial charge >= 0.3 is 0 Å². The topological polar surface area (TPSA) is 114 Å². The number of pyridine rings is 1. The molecule has 11 heteroatoms. The first kappa shape index (κ1) is 20.3. The zero-order chi connectivity index (χ0) is 21.8. The Labute approximate surface area is 179 Å². The molecule has 0 saturated carbocycles. The highest BCUT2D eigenvalue weighted by Gasteiger charge is 2.15. The molecular formula is C20H15FN6O3S. The molecule has 2 N–H and O–H groups in total. The van der Waals surface area contributed by atoms with Gasteiger partial charge in [-0.3, -0.25) is 19.3 Å². The van der Waals surface area contributed by atoms with Crippen molar-refractivity contribution in [3.8, 4) is 0 Å². The number of carbonyl (C=O) groups is 1. The first-order chi connectivity index (χ1) is 15.0. The minimum Gasteiger partial charge on any atom is -0.354 e. The van der Waals surface area contributed by atoms with Gasteiger partial charge in [0.05, 0.1) is 22.1 Å². The molecule has 2 heterocycles. The van der Waals surface area contributed by atoms with Crippen LogP contribution in [0.1, 0.15) is 0 Å². The fourth-order valence-corrected chi connectivity index (χ4v) is 3.51. The second-order valence-electron chi connectivity index (χ2n) is 6.37. The number of rotatable bonds is 7. The summed E-state index contributed by atoms with van der Waals surface area (Å²) in [6.45, 7) is 0. The minimum atomic E-state index is -0.547. The molecule has 0 radical (unpaired) electrons. The van der Waals surface area contributed by atoms with E-state index < -0.39 is 4.92 Å². The number of halogens is 1. The van der Waals surface area contributed by atoms with Gasteiger partial charge in [-0.2, -0.15) is 0 Å². The minimum absolute atomic E-state index is 0.0222. The van der Waals surface area contributed by atoms with E-state index in [1.54, 1.807) is 16.7 Å². The van der Waals surface area contributed by atoms with Crippen molar-refractivity contribution >= 4 is 46.1 Å². The molecule has 0 aliphatic rings. The number of hydrogen-bond acceptors (Lipinski definition) is 7. The average molecular weight is 438 g/mol. The third-order valence-corrected chi connectivity index (χ3v) is 5.17. The lowest BCUT2D eigenvalue weighted by Crippen LogP contribution is -2.15. The highest BCUT2D eigenvalue weighted by molar-refractivity contribution is 7.99. The van der Waals surface area contributed by atoms with Crippen molar-refractivity contribution < 1.29 is 14.1 Å². The first-order valence-electron chi connectivity index (χ1n) is 9.03. The van der Waals surface area contributed by atoms with Crippen LogP contribution < -0.4 is 10.6 Å². The maximum atomic E-state index is 13.1. The second kappa shape index (κ2) is 8.79. The number of nitro groups is 1. The van der Waals surface area contributed by atoms with E-state index >= 15 is 0 Å². The molecule has 2 aromatic carbocycles. The number of benzene rings is 2. The molecule has 0 fully saturated rings. The summed E-state index contributed by atoms with van der Waals surface area (Å²) in [5, 5.41) is 25.5. The van der Waals surface area contributed by atoms with Crippen molar-refractivity contribution in [2.75, 3.05) is 16.4 Å². The van der Waals surface area contributed by atoms with Gasteiger partial charge in [0.25, 0.3) is 5.69 Å². The standard InChI is InChI=1S/C20H15FN6O3S/c21-13-4-6-14(7-5-13)22-16-9-8-15(27(29)30)11-17(16)23-19(28)12-31-20-25-24-18-3-1-2-10-26(18)20/h1-11,22H,12H2,(H,23,28). The number of aromatic nitrogens is 3. The van der Waals surface area contributed by atoms with Crippen LogP contribution in [0.25, 0.3) is 5.65 Å². The Kier molecular flexibility index (Phi) is 5.76. The predicted octanol–water partition coefficient (Wildman–Crippen LogP) is 4.25. The maximum Gasteiger partial charge on any atom is 0.271 e. The molecule has 31 heavy (non-hydrogen) atoms. The first-order valence-corrected chi connectivity index (χ1v) is 10.0. The molecule has 0 bridgehead atoms. The summed E-state index contributed by atoms with van der Waals surface area (Å²) in [6, 6.07) is 15.1. The third kappa shape index (κ3) is 4.78. The van der Waals surface area contributed by atoms with Crippen LogP contribution in [0.2, 0.25) is 0 Å². The number of nitro benzene ring substituents is 1. The number of hydrogen-bond donors (Lipinski definition) is 2. The second-order valence-corrected chi connectivity index (χ2v) is 7.31. The van der Waals surface area contributed by atoms with Crippen molar-refractivity contribution in [3.05, 3.63) is 82.8 Å². The largest absolute Gasteiger partial charge is 0.354 e. The number of amides is 1. The Hall–Kier alpha value is -3.99. The van der Waals surface area contributed by atoms with Crippen molar-refractivity contribution in [2.45, 2.75) is 5.16 Å².